The molecular formula is C27H26N4O4. The smallest absolute Gasteiger partial charge is 0.251 e. The lowest BCUT2D eigenvalue weighted by atomic mass is 9.97. The second-order valence-electron chi connectivity index (χ2n) is 8.06. The molecule has 35 heavy (non-hydrogen) atoms. The van der Waals surface area contributed by atoms with Gasteiger partial charge in [0.05, 0.1) is 24.4 Å². The number of anilines is 1. The van der Waals surface area contributed by atoms with Gasteiger partial charge in [0.2, 0.25) is 5.95 Å². The van der Waals surface area contributed by atoms with Crippen LogP contribution in [0.25, 0.3) is 22.2 Å². The molecule has 0 unspecified atom stereocenters. The Morgan fingerprint density at radius 3 is 2.20 bits per heavy atom. The van der Waals surface area contributed by atoms with Crippen molar-refractivity contribution in [3.63, 3.8) is 0 Å². The molecular weight excluding hydrogens is 444 g/mol. The second-order valence-corrected chi connectivity index (χ2v) is 8.06. The van der Waals surface area contributed by atoms with E-state index in [2.05, 4.69) is 20.6 Å². The van der Waals surface area contributed by atoms with Crippen LogP contribution in [0, 0.1) is 0 Å². The number of Topliss-reactive ketones (excluding diaryl/α,β-unsaturated/α-hetero) is 1. The van der Waals surface area contributed by atoms with E-state index in [9.17, 15) is 19.8 Å². The maximum atomic E-state index is 12.9. The molecule has 0 spiro atoms. The van der Waals surface area contributed by atoms with Gasteiger partial charge in [-0.05, 0) is 47.0 Å². The first-order chi connectivity index (χ1) is 17.0. The number of ketones is 1. The molecule has 1 heterocycles. The summed E-state index contributed by atoms with van der Waals surface area (Å²) in [5.74, 6) is 0.153. The summed E-state index contributed by atoms with van der Waals surface area (Å²) in [6, 6.07) is 17.7. The number of aliphatic hydroxyl groups is 2. The normalized spacial score (nSPS) is 10.9. The number of rotatable bonds is 8. The van der Waals surface area contributed by atoms with Crippen molar-refractivity contribution < 1.29 is 19.8 Å². The third-order valence-electron chi connectivity index (χ3n) is 5.84. The molecule has 0 fully saturated rings. The number of carbonyl (C=O) groups is 2. The summed E-state index contributed by atoms with van der Waals surface area (Å²) < 4.78 is 0. The molecule has 1 amide bonds. The van der Waals surface area contributed by atoms with Crippen LogP contribution < -0.4 is 10.6 Å². The number of aliphatic hydroxyl groups excluding tert-OH is 2. The molecule has 8 nitrogen and oxygen atoms in total. The Bertz CT molecular complexity index is 1400. The van der Waals surface area contributed by atoms with Crippen molar-refractivity contribution in [1.29, 1.82) is 0 Å². The standard InChI is InChI=1S/C27H26N4O4/c1-28-26(35)18-8-6-17(7-9-18)24(34)11-16-4-3-5-19(10-16)25-22-12-20(14-32)21(15-33)13-23(22)30-27(29-2)31-25/h3-10,12-13,32-33H,11,14-15H2,1-2H3,(H,28,35)(H,29,30,31). The van der Waals surface area contributed by atoms with E-state index in [0.29, 0.717) is 39.4 Å². The molecule has 1 aromatic heterocycles. The minimum absolute atomic E-state index is 0.0655. The van der Waals surface area contributed by atoms with Gasteiger partial charge >= 0.3 is 0 Å². The largest absolute Gasteiger partial charge is 0.392 e. The molecule has 4 rings (SSSR count). The van der Waals surface area contributed by atoms with Crippen LogP contribution in [0.3, 0.4) is 0 Å². The van der Waals surface area contributed by atoms with Crippen LogP contribution in [0.4, 0.5) is 5.95 Å². The summed E-state index contributed by atoms with van der Waals surface area (Å²) in [7, 11) is 3.29. The average Bonchev–Trinajstić information content (AvgIpc) is 2.91. The van der Waals surface area contributed by atoms with Crippen LogP contribution in [0.1, 0.15) is 37.4 Å². The van der Waals surface area contributed by atoms with Gasteiger partial charge in [0.25, 0.3) is 5.91 Å². The highest BCUT2D eigenvalue weighted by atomic mass is 16.3. The number of fused-ring (bicyclic) bond motifs is 1. The third-order valence-corrected chi connectivity index (χ3v) is 5.84. The van der Waals surface area contributed by atoms with Crippen molar-refractivity contribution in [1.82, 2.24) is 15.3 Å². The highest BCUT2D eigenvalue weighted by Gasteiger charge is 2.15. The number of nitrogens with zero attached hydrogens (tertiary/aromatic N) is 2. The third kappa shape index (κ3) is 5.03. The van der Waals surface area contributed by atoms with Gasteiger partial charge in [0.15, 0.2) is 5.78 Å². The fourth-order valence-corrected chi connectivity index (χ4v) is 3.96. The van der Waals surface area contributed by atoms with Gasteiger partial charge < -0.3 is 20.8 Å². The van der Waals surface area contributed by atoms with Crippen LogP contribution in [-0.2, 0) is 19.6 Å². The van der Waals surface area contributed by atoms with Gasteiger partial charge in [-0.25, -0.2) is 9.97 Å². The molecule has 0 atom stereocenters. The van der Waals surface area contributed by atoms with E-state index in [1.165, 1.54) is 0 Å². The summed E-state index contributed by atoms with van der Waals surface area (Å²) in [5, 5.41) is 25.7. The summed E-state index contributed by atoms with van der Waals surface area (Å²) in [6.07, 6.45) is 0.186. The average molecular weight is 471 g/mol. The van der Waals surface area contributed by atoms with E-state index in [0.717, 1.165) is 16.5 Å². The van der Waals surface area contributed by atoms with Crippen LogP contribution in [0.15, 0.2) is 60.7 Å². The highest BCUT2D eigenvalue weighted by Crippen LogP contribution is 2.30. The summed E-state index contributed by atoms with van der Waals surface area (Å²) >= 11 is 0. The first-order valence-electron chi connectivity index (χ1n) is 11.1. The van der Waals surface area contributed by atoms with E-state index in [1.54, 1.807) is 50.5 Å². The first kappa shape index (κ1) is 24.0. The van der Waals surface area contributed by atoms with E-state index in [-0.39, 0.29) is 31.3 Å². The maximum absolute atomic E-state index is 12.9. The Morgan fingerprint density at radius 1 is 0.857 bits per heavy atom. The van der Waals surface area contributed by atoms with Crippen molar-refractivity contribution in [3.8, 4) is 11.3 Å². The Hall–Kier alpha value is -4.14. The Balaban J connectivity index is 1.69. The number of amides is 1. The second kappa shape index (κ2) is 10.4. The van der Waals surface area contributed by atoms with Gasteiger partial charge in [0.1, 0.15) is 0 Å². The number of aromatic nitrogens is 2. The minimum Gasteiger partial charge on any atom is -0.392 e. The van der Waals surface area contributed by atoms with Crippen LogP contribution in [0.5, 0.6) is 0 Å². The van der Waals surface area contributed by atoms with E-state index in [4.69, 9.17) is 0 Å². The van der Waals surface area contributed by atoms with Crippen molar-refractivity contribution in [2.75, 3.05) is 19.4 Å². The number of hydrogen-bond donors (Lipinski definition) is 4. The van der Waals surface area contributed by atoms with Crippen molar-refractivity contribution in [2.24, 2.45) is 0 Å². The summed E-state index contributed by atoms with van der Waals surface area (Å²) in [6.45, 7) is -0.423. The summed E-state index contributed by atoms with van der Waals surface area (Å²) in [5.41, 5.74) is 5.14. The predicted octanol–water partition coefficient (Wildman–Crippen LogP) is 3.11. The molecule has 0 aliphatic heterocycles. The molecule has 0 saturated carbocycles. The number of carbonyl (C=O) groups excluding carboxylic acids is 2. The highest BCUT2D eigenvalue weighted by molar-refractivity contribution is 6.00. The Morgan fingerprint density at radius 2 is 1.54 bits per heavy atom. The van der Waals surface area contributed by atoms with Gasteiger partial charge in [-0.1, -0.05) is 30.3 Å². The Labute approximate surface area is 202 Å². The van der Waals surface area contributed by atoms with Crippen LogP contribution in [-0.4, -0.2) is 46.0 Å². The van der Waals surface area contributed by atoms with Crippen molar-refractivity contribution in [2.45, 2.75) is 19.6 Å². The van der Waals surface area contributed by atoms with E-state index >= 15 is 0 Å². The van der Waals surface area contributed by atoms with Gasteiger partial charge in [-0.15, -0.1) is 0 Å². The van der Waals surface area contributed by atoms with Crippen LogP contribution >= 0.6 is 0 Å². The van der Waals surface area contributed by atoms with Crippen LogP contribution in [0.2, 0.25) is 0 Å². The molecule has 0 radical (unpaired) electrons. The zero-order valence-corrected chi connectivity index (χ0v) is 19.5. The Kier molecular flexibility index (Phi) is 7.14. The number of nitrogens with one attached hydrogen (secondary N) is 2. The molecule has 0 aliphatic carbocycles. The van der Waals surface area contributed by atoms with Gasteiger partial charge in [-0.2, -0.15) is 0 Å². The minimum atomic E-state index is -0.216. The van der Waals surface area contributed by atoms with Gasteiger partial charge in [0, 0.05) is 42.6 Å². The molecule has 3 aromatic carbocycles. The van der Waals surface area contributed by atoms with Crippen molar-refractivity contribution in [3.05, 3.63) is 88.5 Å². The van der Waals surface area contributed by atoms with E-state index in [1.807, 2.05) is 24.3 Å². The lowest BCUT2D eigenvalue weighted by molar-refractivity contribution is 0.0959. The predicted molar refractivity (Wildman–Crippen MR) is 134 cm³/mol. The quantitative estimate of drug-likeness (QED) is 0.292. The van der Waals surface area contributed by atoms with Crippen molar-refractivity contribution >= 4 is 28.5 Å². The van der Waals surface area contributed by atoms with Gasteiger partial charge in [-0.3, -0.25) is 9.59 Å². The number of benzene rings is 3. The zero-order valence-electron chi connectivity index (χ0n) is 19.5. The molecule has 0 bridgehead atoms. The molecule has 4 aromatic rings. The lowest BCUT2D eigenvalue weighted by Crippen LogP contribution is -2.17. The monoisotopic (exact) mass is 470 g/mol. The lowest BCUT2D eigenvalue weighted by Gasteiger charge is -2.13. The SMILES string of the molecule is CNC(=O)c1ccc(C(=O)Cc2cccc(-c3nc(NC)nc4cc(CO)c(CO)cc34)c2)cc1. The zero-order chi connectivity index (χ0) is 24.9. The molecule has 4 N–H and O–H groups in total. The molecule has 0 saturated heterocycles. The molecule has 178 valence electrons. The number of hydrogen-bond acceptors (Lipinski definition) is 7. The fraction of sp³-hybridized carbons (Fsp3) is 0.185. The molecule has 8 heteroatoms. The maximum Gasteiger partial charge on any atom is 0.251 e. The van der Waals surface area contributed by atoms with E-state index < -0.39 is 0 Å². The first-order valence-corrected chi connectivity index (χ1v) is 11.1. The molecule has 0 aliphatic rings. The summed E-state index contributed by atoms with van der Waals surface area (Å²) in [4.78, 5) is 33.8. The fourth-order valence-electron chi connectivity index (χ4n) is 3.96. The topological polar surface area (TPSA) is 124 Å².